The summed E-state index contributed by atoms with van der Waals surface area (Å²) in [6.07, 6.45) is 0.462. The lowest BCUT2D eigenvalue weighted by molar-refractivity contribution is -0.146. The van der Waals surface area contributed by atoms with Gasteiger partial charge in [-0.15, -0.1) is 0 Å². The van der Waals surface area contributed by atoms with E-state index in [0.717, 1.165) is 0 Å². The lowest BCUT2D eigenvalue weighted by atomic mass is 10.3. The van der Waals surface area contributed by atoms with E-state index in [1.165, 1.54) is 0 Å². The Morgan fingerprint density at radius 3 is 2.20 bits per heavy atom. The Hall–Kier alpha value is 0.490. The van der Waals surface area contributed by atoms with Crippen LogP contribution < -0.4 is 0 Å². The molecule has 0 aromatic rings. The molecule has 1 unspecified atom stereocenters. The van der Waals surface area contributed by atoms with Crippen molar-refractivity contribution in [3.05, 3.63) is 0 Å². The van der Waals surface area contributed by atoms with Gasteiger partial charge in [-0.25, -0.2) is 0 Å². The first kappa shape index (κ1) is 15.5. The highest BCUT2D eigenvalue weighted by molar-refractivity contribution is 7.53. The van der Waals surface area contributed by atoms with E-state index in [0.29, 0.717) is 6.42 Å². The first-order valence-electron chi connectivity index (χ1n) is 3.90. The van der Waals surface area contributed by atoms with Gasteiger partial charge >= 0.3 is 13.6 Å². The molecule has 0 aromatic carbocycles. The van der Waals surface area contributed by atoms with Gasteiger partial charge in [0, 0.05) is 6.42 Å². The average Bonchev–Trinajstić information content (AvgIpc) is 1.96. The third-order valence-electron chi connectivity index (χ3n) is 1.28. The molecule has 0 aliphatic rings. The van der Waals surface area contributed by atoms with Crippen LogP contribution in [0.25, 0.3) is 0 Å². The number of halogens is 3. The van der Waals surface area contributed by atoms with Crippen LogP contribution in [0.1, 0.15) is 19.8 Å². The minimum Gasteiger partial charge on any atom is -0.445 e. The van der Waals surface area contributed by atoms with Gasteiger partial charge in [-0.1, -0.05) is 41.7 Å². The number of esters is 1. The van der Waals surface area contributed by atoms with Gasteiger partial charge in [0.15, 0.2) is 0 Å². The minimum absolute atomic E-state index is 0.00273. The molecular weight excluding hydrogens is 289 g/mol. The molecule has 0 aliphatic carbocycles. The van der Waals surface area contributed by atoms with Crippen LogP contribution in [0.2, 0.25) is 0 Å². The highest BCUT2D eigenvalue weighted by Crippen LogP contribution is 2.52. The van der Waals surface area contributed by atoms with Crippen LogP contribution >= 0.6 is 42.4 Å². The Morgan fingerprint density at radius 2 is 1.93 bits per heavy atom. The minimum atomic E-state index is -4.81. The zero-order valence-corrected chi connectivity index (χ0v) is 10.9. The highest BCUT2D eigenvalue weighted by Gasteiger charge is 2.48. The second-order valence-electron chi connectivity index (χ2n) is 2.72. The van der Waals surface area contributed by atoms with Gasteiger partial charge in [-0.05, 0) is 6.42 Å². The molecule has 0 rings (SSSR count). The molecule has 2 N–H and O–H groups in total. The number of ether oxygens (including phenoxy) is 1. The van der Waals surface area contributed by atoms with Crippen molar-refractivity contribution < 1.29 is 23.9 Å². The van der Waals surface area contributed by atoms with Gasteiger partial charge in [0.25, 0.3) is 0 Å². The van der Waals surface area contributed by atoms with E-state index in [2.05, 4.69) is 4.74 Å². The summed E-state index contributed by atoms with van der Waals surface area (Å²) >= 11 is 15.9. The second kappa shape index (κ2) is 5.71. The smallest absolute Gasteiger partial charge is 0.370 e. The molecule has 15 heavy (non-hydrogen) atoms. The molecule has 9 heteroatoms. The Bertz CT molecular complexity index is 270. The molecule has 0 spiro atoms. The third kappa shape index (κ3) is 5.95. The summed E-state index contributed by atoms with van der Waals surface area (Å²) in [5.41, 5.74) is 0. The molecule has 5 nitrogen and oxygen atoms in total. The van der Waals surface area contributed by atoms with Gasteiger partial charge in [-0.2, -0.15) is 0 Å². The average molecular weight is 299 g/mol. The van der Waals surface area contributed by atoms with E-state index in [1.54, 1.807) is 6.92 Å². The van der Waals surface area contributed by atoms with Crippen molar-refractivity contribution in [3.63, 3.8) is 0 Å². The van der Waals surface area contributed by atoms with Crippen LogP contribution in [-0.2, 0) is 14.1 Å². The third-order valence-corrected chi connectivity index (χ3v) is 3.44. The largest absolute Gasteiger partial charge is 0.445 e. The van der Waals surface area contributed by atoms with E-state index in [4.69, 9.17) is 44.6 Å². The molecule has 90 valence electrons. The van der Waals surface area contributed by atoms with Crippen LogP contribution in [0.4, 0.5) is 0 Å². The van der Waals surface area contributed by atoms with Crippen molar-refractivity contribution in [3.8, 4) is 0 Å². The second-order valence-corrected chi connectivity index (χ2v) is 6.74. The van der Waals surface area contributed by atoms with E-state index in [-0.39, 0.29) is 6.42 Å². The summed E-state index contributed by atoms with van der Waals surface area (Å²) < 4.78 is 12.9. The normalized spacial score (nSPS) is 14.8. The summed E-state index contributed by atoms with van der Waals surface area (Å²) in [7, 11) is -4.81. The molecule has 0 aliphatic heterocycles. The molecule has 0 radical (unpaired) electrons. The summed E-state index contributed by atoms with van der Waals surface area (Å²) in [5, 5.41) is 0. The molecule has 0 saturated heterocycles. The van der Waals surface area contributed by atoms with E-state index in [1.807, 2.05) is 0 Å². The Kier molecular flexibility index (Phi) is 5.90. The summed E-state index contributed by atoms with van der Waals surface area (Å²) in [6, 6.07) is 0. The zero-order chi connectivity index (χ0) is 12.3. The maximum absolute atomic E-state index is 11.0. The summed E-state index contributed by atoms with van der Waals surface area (Å²) in [4.78, 5) is 28.6. The molecule has 0 fully saturated rings. The zero-order valence-electron chi connectivity index (χ0n) is 7.69. The van der Waals surface area contributed by atoms with Crippen molar-refractivity contribution >= 4 is 48.4 Å². The van der Waals surface area contributed by atoms with Gasteiger partial charge in [0.1, 0.15) is 0 Å². The standard InChI is InChI=1S/C6H10Cl3O5P/c1-2-3-4(10)14-5(6(7,8)9)15(11,12)13/h5H,2-3H2,1H3,(H2,11,12,13). The molecule has 0 heterocycles. The Balaban J connectivity index is 4.70. The van der Waals surface area contributed by atoms with Crippen LogP contribution in [0.15, 0.2) is 0 Å². The molecule has 0 aromatic heterocycles. The SMILES string of the molecule is CCCC(=O)OC(C(Cl)(Cl)Cl)P(=O)(O)O. The van der Waals surface area contributed by atoms with Gasteiger partial charge in [-0.3, -0.25) is 9.36 Å². The van der Waals surface area contributed by atoms with E-state index < -0.39 is 23.2 Å². The first-order chi connectivity index (χ1) is 6.59. The lowest BCUT2D eigenvalue weighted by Gasteiger charge is -2.24. The van der Waals surface area contributed by atoms with Crippen molar-refractivity contribution in [1.29, 1.82) is 0 Å². The van der Waals surface area contributed by atoms with Crippen molar-refractivity contribution in [2.24, 2.45) is 0 Å². The molecular formula is C6H10Cl3O5P. The van der Waals surface area contributed by atoms with Gasteiger partial charge < -0.3 is 14.5 Å². The Labute approximate surface area is 102 Å². The topological polar surface area (TPSA) is 83.8 Å². The number of carbonyl (C=O) groups is 1. The van der Waals surface area contributed by atoms with Crippen molar-refractivity contribution in [2.45, 2.75) is 29.4 Å². The number of hydrogen-bond acceptors (Lipinski definition) is 3. The number of hydrogen-bond donors (Lipinski definition) is 2. The predicted octanol–water partition coefficient (Wildman–Crippen LogP) is 2.20. The van der Waals surface area contributed by atoms with Crippen LogP contribution in [0, 0.1) is 0 Å². The lowest BCUT2D eigenvalue weighted by Crippen LogP contribution is -2.31. The predicted molar refractivity (Wildman–Crippen MR) is 57.1 cm³/mol. The fourth-order valence-electron chi connectivity index (χ4n) is 0.714. The molecule has 0 amide bonds. The summed E-state index contributed by atoms with van der Waals surface area (Å²) in [5.74, 6) is -2.90. The highest BCUT2D eigenvalue weighted by atomic mass is 35.6. The van der Waals surface area contributed by atoms with E-state index >= 15 is 0 Å². The molecule has 1 atom stereocenters. The number of alkyl halides is 3. The maximum atomic E-state index is 11.0. The first-order valence-corrected chi connectivity index (χ1v) is 6.72. The summed E-state index contributed by atoms with van der Waals surface area (Å²) in [6.45, 7) is 1.70. The van der Waals surface area contributed by atoms with Crippen molar-refractivity contribution in [2.75, 3.05) is 0 Å². The quantitative estimate of drug-likeness (QED) is 0.472. The molecule has 0 bridgehead atoms. The van der Waals surface area contributed by atoms with E-state index in [9.17, 15) is 9.36 Å². The van der Waals surface area contributed by atoms with Crippen LogP contribution in [-0.4, -0.2) is 25.4 Å². The number of rotatable bonds is 4. The maximum Gasteiger partial charge on any atom is 0.370 e. The Morgan fingerprint density at radius 1 is 1.47 bits per heavy atom. The number of carbonyl (C=O) groups excluding carboxylic acids is 1. The van der Waals surface area contributed by atoms with Crippen LogP contribution in [0.5, 0.6) is 0 Å². The molecule has 0 saturated carbocycles. The monoisotopic (exact) mass is 298 g/mol. The fourth-order valence-corrected chi connectivity index (χ4v) is 2.63. The van der Waals surface area contributed by atoms with Crippen LogP contribution in [0.3, 0.4) is 0 Å². The fraction of sp³-hybridized carbons (Fsp3) is 0.833. The van der Waals surface area contributed by atoms with Gasteiger partial charge in [0.05, 0.1) is 0 Å². The van der Waals surface area contributed by atoms with Gasteiger partial charge in [0.2, 0.25) is 9.64 Å². The van der Waals surface area contributed by atoms with Crippen molar-refractivity contribution in [1.82, 2.24) is 0 Å².